The number of anilines is 1. The third-order valence-electron chi connectivity index (χ3n) is 5.51. The molecule has 35 heavy (non-hydrogen) atoms. The van der Waals surface area contributed by atoms with E-state index in [1.165, 1.54) is 19.2 Å². The Labute approximate surface area is 203 Å². The van der Waals surface area contributed by atoms with Gasteiger partial charge in [-0.25, -0.2) is 13.2 Å². The van der Waals surface area contributed by atoms with Gasteiger partial charge in [0.1, 0.15) is 11.9 Å². The highest BCUT2D eigenvalue weighted by Crippen LogP contribution is 2.38. The van der Waals surface area contributed by atoms with E-state index in [2.05, 4.69) is 10.0 Å². The zero-order chi connectivity index (χ0) is 26.0. The first kappa shape index (κ1) is 26.7. The molecule has 2 N–H and O–H groups in total. The lowest BCUT2D eigenvalue weighted by Crippen LogP contribution is -2.48. The van der Waals surface area contributed by atoms with Gasteiger partial charge in [0.25, 0.3) is 0 Å². The number of nitrogens with one attached hydrogen (secondary N) is 2. The maximum atomic E-state index is 13.8. The Bertz CT molecular complexity index is 1150. The molecule has 0 atom stereocenters. The number of amides is 1. The van der Waals surface area contributed by atoms with E-state index in [0.717, 1.165) is 6.07 Å². The summed E-state index contributed by atoms with van der Waals surface area (Å²) in [5, 5.41) is 1.74. The number of ether oxygens (including phenoxy) is 2. The summed E-state index contributed by atoms with van der Waals surface area (Å²) in [6.45, 7) is 5.35. The second kappa shape index (κ2) is 9.96. The molecule has 2 aromatic carbocycles. The number of methoxy groups -OCH3 is 1. The minimum Gasteiger partial charge on any atom is -0.497 e. The molecule has 7 nitrogen and oxygen atoms in total. The number of rotatable bonds is 7. The molecule has 1 amide bonds. The molecule has 11 heteroatoms. The van der Waals surface area contributed by atoms with Crippen LogP contribution in [0.1, 0.15) is 50.3 Å². The van der Waals surface area contributed by atoms with Crippen LogP contribution in [-0.2, 0) is 27.4 Å². The van der Waals surface area contributed by atoms with Gasteiger partial charge in [-0.05, 0) is 56.2 Å². The van der Waals surface area contributed by atoms with Crippen LogP contribution in [0.5, 0.6) is 5.75 Å². The monoisotopic (exact) mass is 514 g/mol. The predicted molar refractivity (Wildman–Crippen MR) is 126 cm³/mol. The summed E-state index contributed by atoms with van der Waals surface area (Å²) in [6.07, 6.45) is -5.93. The van der Waals surface area contributed by atoms with E-state index in [0.29, 0.717) is 11.3 Å². The molecule has 1 saturated carbocycles. The molecule has 0 aromatic heterocycles. The number of carbonyl (C=O) groups is 1. The average molecular weight is 515 g/mol. The number of sulfonamides is 1. The summed E-state index contributed by atoms with van der Waals surface area (Å²) >= 11 is 0. The van der Waals surface area contributed by atoms with Crippen LogP contribution >= 0.6 is 0 Å². The Hall–Kier alpha value is -2.95. The second-order valence-corrected chi connectivity index (χ2v) is 11.5. The Morgan fingerprint density at radius 1 is 1.06 bits per heavy atom. The highest BCUT2D eigenvalue weighted by molar-refractivity contribution is 7.93. The minimum absolute atomic E-state index is 0.0552. The normalized spacial score (nSPS) is 18.4. The molecule has 0 heterocycles. The number of hydrogen-bond donors (Lipinski definition) is 2. The van der Waals surface area contributed by atoms with E-state index in [1.807, 2.05) is 0 Å². The van der Waals surface area contributed by atoms with Crippen LogP contribution in [0.4, 0.5) is 23.7 Å². The van der Waals surface area contributed by atoms with Gasteiger partial charge in [-0.1, -0.05) is 18.2 Å². The number of alkyl halides is 3. The third-order valence-corrected chi connectivity index (χ3v) is 7.28. The van der Waals surface area contributed by atoms with Gasteiger partial charge in [0.2, 0.25) is 10.0 Å². The molecular weight excluding hydrogens is 485 g/mol. The quantitative estimate of drug-likeness (QED) is 0.536. The summed E-state index contributed by atoms with van der Waals surface area (Å²) in [5.41, 5.74) is -1.17. The van der Waals surface area contributed by atoms with Gasteiger partial charge in [-0.2, -0.15) is 13.2 Å². The van der Waals surface area contributed by atoms with Gasteiger partial charge in [-0.15, -0.1) is 0 Å². The van der Waals surface area contributed by atoms with Gasteiger partial charge < -0.3 is 14.8 Å². The molecule has 0 bridgehead atoms. The lowest BCUT2D eigenvalue weighted by molar-refractivity contribution is -0.138. The molecule has 1 aliphatic carbocycles. The van der Waals surface area contributed by atoms with Gasteiger partial charge >= 0.3 is 12.3 Å². The Balaban J connectivity index is 1.77. The summed E-state index contributed by atoms with van der Waals surface area (Å²) in [5.74, 6) is 0.553. The number of halogens is 3. The fraction of sp³-hybridized carbons (Fsp3) is 0.458. The van der Waals surface area contributed by atoms with Crippen molar-refractivity contribution in [3.8, 4) is 5.75 Å². The van der Waals surface area contributed by atoms with Crippen LogP contribution in [0.2, 0.25) is 0 Å². The van der Waals surface area contributed by atoms with Crippen molar-refractivity contribution in [1.29, 1.82) is 0 Å². The number of carbonyl (C=O) groups excluding carboxylic acids is 1. The van der Waals surface area contributed by atoms with Crippen LogP contribution < -0.4 is 14.8 Å². The SMILES string of the molecule is COc1ccc(Cc2c(NS(=O)(=O)C3CC(OC(=O)NC(C)(C)C)C3)cccc2C(F)(F)F)cc1. The molecule has 0 saturated heterocycles. The maximum Gasteiger partial charge on any atom is 0.416 e. The van der Waals surface area contributed by atoms with Gasteiger partial charge in [0.15, 0.2) is 0 Å². The van der Waals surface area contributed by atoms with Crippen molar-refractivity contribution in [3.63, 3.8) is 0 Å². The van der Waals surface area contributed by atoms with Crippen molar-refractivity contribution in [3.05, 3.63) is 59.2 Å². The molecule has 1 aliphatic rings. The Morgan fingerprint density at radius 3 is 2.23 bits per heavy atom. The van der Waals surface area contributed by atoms with E-state index in [4.69, 9.17) is 9.47 Å². The zero-order valence-electron chi connectivity index (χ0n) is 19.9. The van der Waals surface area contributed by atoms with E-state index in [1.54, 1.807) is 45.0 Å². The topological polar surface area (TPSA) is 93.7 Å². The standard InChI is InChI=1S/C24H29F3N2O5S/c1-23(2,3)28-22(30)34-17-13-18(14-17)35(31,32)29-21-7-5-6-20(24(25,26)27)19(21)12-15-8-10-16(33-4)11-9-15/h5-11,17-18,29H,12-14H2,1-4H3,(H,28,30). The first-order chi connectivity index (χ1) is 16.2. The van der Waals surface area contributed by atoms with E-state index in [9.17, 15) is 26.4 Å². The summed E-state index contributed by atoms with van der Waals surface area (Å²) in [4.78, 5) is 11.9. The van der Waals surface area contributed by atoms with Crippen molar-refractivity contribution in [2.24, 2.45) is 0 Å². The molecule has 2 aromatic rings. The highest BCUT2D eigenvalue weighted by atomic mass is 32.2. The van der Waals surface area contributed by atoms with Crippen LogP contribution in [0.3, 0.4) is 0 Å². The summed E-state index contributed by atoms with van der Waals surface area (Å²) in [7, 11) is -2.54. The maximum absolute atomic E-state index is 13.8. The molecule has 0 aliphatic heterocycles. The molecule has 0 radical (unpaired) electrons. The minimum atomic E-state index is -4.67. The molecule has 3 rings (SSSR count). The molecule has 0 spiro atoms. The van der Waals surface area contributed by atoms with Crippen LogP contribution in [0, 0.1) is 0 Å². The highest BCUT2D eigenvalue weighted by Gasteiger charge is 2.42. The van der Waals surface area contributed by atoms with Crippen molar-refractivity contribution < 1.29 is 35.9 Å². The smallest absolute Gasteiger partial charge is 0.416 e. The van der Waals surface area contributed by atoms with Crippen LogP contribution in [-0.4, -0.2) is 38.5 Å². The van der Waals surface area contributed by atoms with Crippen molar-refractivity contribution in [2.75, 3.05) is 11.8 Å². The zero-order valence-corrected chi connectivity index (χ0v) is 20.7. The van der Waals surface area contributed by atoms with E-state index >= 15 is 0 Å². The predicted octanol–water partition coefficient (Wildman–Crippen LogP) is 5.10. The largest absolute Gasteiger partial charge is 0.497 e. The number of benzene rings is 2. The number of alkyl carbamates (subject to hydrolysis) is 1. The molecule has 0 unspecified atom stereocenters. The molecule has 1 fully saturated rings. The summed E-state index contributed by atoms with van der Waals surface area (Å²) < 4.78 is 79.8. The van der Waals surface area contributed by atoms with Gasteiger partial charge in [0.05, 0.1) is 23.6 Å². The Morgan fingerprint density at radius 2 is 1.69 bits per heavy atom. The molecular formula is C24H29F3N2O5S. The van der Waals surface area contributed by atoms with Crippen molar-refractivity contribution in [2.45, 2.75) is 63.1 Å². The lowest BCUT2D eigenvalue weighted by atomic mass is 9.95. The van der Waals surface area contributed by atoms with Crippen LogP contribution in [0.15, 0.2) is 42.5 Å². The molecule has 192 valence electrons. The Kier molecular flexibility index (Phi) is 7.59. The fourth-order valence-corrected chi connectivity index (χ4v) is 5.28. The van der Waals surface area contributed by atoms with Gasteiger partial charge in [0, 0.05) is 24.8 Å². The van der Waals surface area contributed by atoms with Crippen LogP contribution in [0.25, 0.3) is 0 Å². The second-order valence-electron chi connectivity index (χ2n) is 9.50. The first-order valence-electron chi connectivity index (χ1n) is 11.0. The fourth-order valence-electron chi connectivity index (χ4n) is 3.68. The number of hydrogen-bond acceptors (Lipinski definition) is 5. The third kappa shape index (κ3) is 7.03. The van der Waals surface area contributed by atoms with Crippen molar-refractivity contribution in [1.82, 2.24) is 5.32 Å². The van der Waals surface area contributed by atoms with E-state index < -0.39 is 44.7 Å². The van der Waals surface area contributed by atoms with Gasteiger partial charge in [-0.3, -0.25) is 4.72 Å². The summed E-state index contributed by atoms with van der Waals surface area (Å²) in [6, 6.07) is 9.91. The van der Waals surface area contributed by atoms with Crippen molar-refractivity contribution >= 4 is 21.8 Å². The first-order valence-corrected chi connectivity index (χ1v) is 12.5. The lowest BCUT2D eigenvalue weighted by Gasteiger charge is -2.35. The van der Waals surface area contributed by atoms with E-state index in [-0.39, 0.29) is 30.5 Å². The average Bonchev–Trinajstić information content (AvgIpc) is 2.69.